The molecule has 0 radical (unpaired) electrons. The molecule has 17 nitrogen and oxygen atoms in total. The zero-order chi connectivity index (χ0) is 76.0. The summed E-state index contributed by atoms with van der Waals surface area (Å²) in [7, 11) is -9.93. The zero-order valence-electron chi connectivity index (χ0n) is 67.7. The van der Waals surface area contributed by atoms with Gasteiger partial charge in [0.15, 0.2) is 12.2 Å². The van der Waals surface area contributed by atoms with Crippen LogP contribution in [0.3, 0.4) is 0 Å². The van der Waals surface area contributed by atoms with Gasteiger partial charge in [-0.15, -0.1) is 0 Å². The fourth-order valence-electron chi connectivity index (χ4n) is 13.0. The van der Waals surface area contributed by atoms with Crippen LogP contribution in [-0.4, -0.2) is 96.7 Å². The van der Waals surface area contributed by atoms with E-state index in [2.05, 4.69) is 39.8 Å². The van der Waals surface area contributed by atoms with Gasteiger partial charge in [0.05, 0.1) is 26.4 Å². The molecular formula is C85H164O17P2. The van der Waals surface area contributed by atoms with E-state index in [1.165, 1.54) is 263 Å². The molecule has 616 valence electrons. The fourth-order valence-corrected chi connectivity index (χ4v) is 14.6. The SMILES string of the molecule is CCCCCCCC/C=C\CCCCCCCC(=O)OC[C@H](COP(=O)(O)OC[C@@H](O)COP(=O)(O)OC[C@@H](COC(=O)CCCCCCCCCCCCCCCCCCC)OC(=O)CCCCCCCCCCCCCCCCC)OC(=O)CCCCCCCCCCCCCCCCCCC. The Hall–Kier alpha value is -2.20. The summed E-state index contributed by atoms with van der Waals surface area (Å²) in [6, 6.07) is 0. The van der Waals surface area contributed by atoms with Crippen molar-refractivity contribution in [2.75, 3.05) is 39.6 Å². The first kappa shape index (κ1) is 102. The standard InChI is InChI=1S/C85H164O17P2/c1-5-9-13-17-21-25-29-33-37-39-43-46-50-54-58-62-66-70-83(88)96-76-80(101-84(89)71-67-63-59-55-51-47-42-36-32-28-24-20-16-12-8-4)77-99-103(91,92)97-73-79(86)74-98-104(93,94)100-78-81(75-95-82(87)69-65-61-57-53-49-45-41-35-31-27-23-19-15-11-7-3)102-85(90)72-68-64-60-56-52-48-44-40-38-34-30-26-22-18-14-10-6-2/h35,41,79-81,86H,5-34,36-40,42-78H2,1-4H3,(H,91,92)(H,93,94)/b41-35-/t79-,80+,81+/m0/s1. The predicted octanol–water partition coefficient (Wildman–Crippen LogP) is 25.9. The summed E-state index contributed by atoms with van der Waals surface area (Å²) in [5.74, 6) is -2.11. The van der Waals surface area contributed by atoms with Crippen molar-refractivity contribution in [1.82, 2.24) is 0 Å². The van der Waals surface area contributed by atoms with Crippen LogP contribution in [-0.2, 0) is 65.4 Å². The van der Waals surface area contributed by atoms with Gasteiger partial charge in [-0.2, -0.15) is 0 Å². The van der Waals surface area contributed by atoms with Gasteiger partial charge < -0.3 is 33.8 Å². The first-order valence-corrected chi connectivity index (χ1v) is 46.9. The topological polar surface area (TPSA) is 237 Å². The Bertz CT molecular complexity index is 2010. The molecule has 3 N–H and O–H groups in total. The molecule has 0 rings (SSSR count). The maximum Gasteiger partial charge on any atom is 0.472 e. The molecule has 0 bridgehead atoms. The molecule has 0 aliphatic rings. The third-order valence-electron chi connectivity index (χ3n) is 19.8. The second kappa shape index (κ2) is 78.9. The Balaban J connectivity index is 5.28. The maximum atomic E-state index is 13.1. The second-order valence-corrected chi connectivity index (χ2v) is 33.1. The van der Waals surface area contributed by atoms with Crippen LogP contribution < -0.4 is 0 Å². The summed E-state index contributed by atoms with van der Waals surface area (Å²) in [5, 5.41) is 10.7. The zero-order valence-corrected chi connectivity index (χ0v) is 69.5. The van der Waals surface area contributed by atoms with Gasteiger partial charge in [0, 0.05) is 25.7 Å². The quantitative estimate of drug-likeness (QED) is 0.0169. The number of phosphoric acid groups is 2. The molecule has 0 fully saturated rings. The van der Waals surface area contributed by atoms with Crippen LogP contribution in [0.1, 0.15) is 451 Å². The molecule has 2 unspecified atom stereocenters. The molecule has 0 spiro atoms. The number of hydrogen-bond acceptors (Lipinski definition) is 15. The van der Waals surface area contributed by atoms with Crippen molar-refractivity contribution in [1.29, 1.82) is 0 Å². The summed E-state index contributed by atoms with van der Waals surface area (Å²) in [6.07, 6.45) is 74.5. The predicted molar refractivity (Wildman–Crippen MR) is 428 cm³/mol. The van der Waals surface area contributed by atoms with Crippen LogP contribution in [0.5, 0.6) is 0 Å². The van der Waals surface area contributed by atoms with Gasteiger partial charge in [0.1, 0.15) is 19.3 Å². The number of rotatable bonds is 85. The van der Waals surface area contributed by atoms with Gasteiger partial charge in [-0.05, 0) is 51.4 Å². The van der Waals surface area contributed by atoms with E-state index in [9.17, 15) is 43.2 Å². The second-order valence-electron chi connectivity index (χ2n) is 30.2. The molecule has 104 heavy (non-hydrogen) atoms. The minimum Gasteiger partial charge on any atom is -0.462 e. The molecule has 0 amide bonds. The number of aliphatic hydroxyl groups is 1. The minimum absolute atomic E-state index is 0.106. The molecule has 0 saturated carbocycles. The van der Waals surface area contributed by atoms with E-state index in [1.54, 1.807) is 0 Å². The van der Waals surface area contributed by atoms with Gasteiger partial charge in [-0.1, -0.05) is 387 Å². The summed E-state index contributed by atoms with van der Waals surface area (Å²) in [5.41, 5.74) is 0. The third kappa shape index (κ3) is 77.9. The molecule has 0 aliphatic carbocycles. The smallest absolute Gasteiger partial charge is 0.462 e. The molecule has 0 saturated heterocycles. The van der Waals surface area contributed by atoms with E-state index in [0.717, 1.165) is 109 Å². The van der Waals surface area contributed by atoms with Crippen LogP contribution in [0.15, 0.2) is 12.2 Å². The molecule has 0 aromatic carbocycles. The average Bonchev–Trinajstić information content (AvgIpc) is 0.909. The van der Waals surface area contributed by atoms with Crippen molar-refractivity contribution in [3.8, 4) is 0 Å². The monoisotopic (exact) mass is 1520 g/mol. The number of carbonyl (C=O) groups is 4. The first-order valence-electron chi connectivity index (χ1n) is 43.9. The summed E-state index contributed by atoms with van der Waals surface area (Å²) in [4.78, 5) is 73.2. The number of hydrogen-bond donors (Lipinski definition) is 3. The van der Waals surface area contributed by atoms with E-state index in [0.29, 0.717) is 25.7 Å². The highest BCUT2D eigenvalue weighted by molar-refractivity contribution is 7.47. The lowest BCUT2D eigenvalue weighted by Gasteiger charge is -2.21. The van der Waals surface area contributed by atoms with E-state index in [4.69, 9.17) is 37.0 Å². The number of allylic oxidation sites excluding steroid dienone is 2. The molecule has 0 aromatic heterocycles. The lowest BCUT2D eigenvalue weighted by atomic mass is 10.0. The normalized spacial score (nSPS) is 13.8. The highest BCUT2D eigenvalue weighted by atomic mass is 31.2. The van der Waals surface area contributed by atoms with Crippen LogP contribution in [0.2, 0.25) is 0 Å². The Morgan fingerprint density at radius 3 is 0.663 bits per heavy atom. The number of ether oxygens (including phenoxy) is 4. The molecule has 0 aromatic rings. The lowest BCUT2D eigenvalue weighted by Crippen LogP contribution is -2.30. The number of esters is 4. The average molecular weight is 1520 g/mol. The van der Waals surface area contributed by atoms with Crippen LogP contribution >= 0.6 is 15.6 Å². The molecule has 0 aliphatic heterocycles. The van der Waals surface area contributed by atoms with Crippen molar-refractivity contribution in [2.45, 2.75) is 470 Å². The van der Waals surface area contributed by atoms with Gasteiger partial charge >= 0.3 is 39.5 Å². The van der Waals surface area contributed by atoms with E-state index in [1.807, 2.05) is 0 Å². The van der Waals surface area contributed by atoms with Gasteiger partial charge in [0.25, 0.3) is 0 Å². The van der Waals surface area contributed by atoms with Crippen LogP contribution in [0.4, 0.5) is 0 Å². The van der Waals surface area contributed by atoms with Gasteiger partial charge in [-0.25, -0.2) is 9.13 Å². The molecule has 5 atom stereocenters. The molecular weight excluding hydrogens is 1350 g/mol. The Labute approximate surface area is 638 Å². The highest BCUT2D eigenvalue weighted by Gasteiger charge is 2.30. The summed E-state index contributed by atoms with van der Waals surface area (Å²) in [6.45, 7) is 5.04. The van der Waals surface area contributed by atoms with Crippen LogP contribution in [0, 0.1) is 0 Å². The van der Waals surface area contributed by atoms with Crippen molar-refractivity contribution in [2.24, 2.45) is 0 Å². The van der Waals surface area contributed by atoms with E-state index < -0.39 is 97.5 Å². The van der Waals surface area contributed by atoms with Crippen molar-refractivity contribution in [3.63, 3.8) is 0 Å². The Morgan fingerprint density at radius 2 is 0.442 bits per heavy atom. The third-order valence-corrected chi connectivity index (χ3v) is 21.7. The Kier molecular flexibility index (Phi) is 77.2. The minimum atomic E-state index is -4.97. The summed E-state index contributed by atoms with van der Waals surface area (Å²) >= 11 is 0. The van der Waals surface area contributed by atoms with Crippen molar-refractivity contribution in [3.05, 3.63) is 12.2 Å². The van der Waals surface area contributed by atoms with Gasteiger partial charge in [0.2, 0.25) is 0 Å². The fraction of sp³-hybridized carbons (Fsp3) is 0.929. The summed E-state index contributed by atoms with van der Waals surface area (Å²) < 4.78 is 68.9. The van der Waals surface area contributed by atoms with Crippen molar-refractivity contribution >= 4 is 39.5 Å². The molecule has 19 heteroatoms. The van der Waals surface area contributed by atoms with E-state index >= 15 is 0 Å². The Morgan fingerprint density at radius 1 is 0.260 bits per heavy atom. The van der Waals surface area contributed by atoms with Crippen molar-refractivity contribution < 1.29 is 80.2 Å². The maximum absolute atomic E-state index is 13.1. The number of unbranched alkanes of at least 4 members (excludes halogenated alkanes) is 57. The number of aliphatic hydroxyl groups excluding tert-OH is 1. The van der Waals surface area contributed by atoms with Crippen LogP contribution in [0.25, 0.3) is 0 Å². The number of carbonyl (C=O) groups excluding carboxylic acids is 4. The first-order chi connectivity index (χ1) is 50.7. The highest BCUT2D eigenvalue weighted by Crippen LogP contribution is 2.45. The largest absolute Gasteiger partial charge is 0.472 e. The van der Waals surface area contributed by atoms with Gasteiger partial charge in [-0.3, -0.25) is 37.3 Å². The molecule has 0 heterocycles. The van der Waals surface area contributed by atoms with E-state index in [-0.39, 0.29) is 25.7 Å². The number of phosphoric ester groups is 2. The lowest BCUT2D eigenvalue weighted by molar-refractivity contribution is -0.161.